The van der Waals surface area contributed by atoms with Crippen LogP contribution in [0.3, 0.4) is 0 Å². The summed E-state index contributed by atoms with van der Waals surface area (Å²) in [5, 5.41) is 6.52. The summed E-state index contributed by atoms with van der Waals surface area (Å²) in [6.45, 7) is 9.47. The SMILES string of the molecule is CCNC(=NCc1ccccc1OCC)NCCC(=O)N1CCN(c2ccccn2)CC1.I. The van der Waals surface area contributed by atoms with E-state index in [4.69, 9.17) is 4.74 Å². The number of piperazine rings is 1. The number of rotatable bonds is 9. The Morgan fingerprint density at radius 2 is 1.82 bits per heavy atom. The van der Waals surface area contributed by atoms with Crippen molar-refractivity contribution in [1.29, 1.82) is 0 Å². The monoisotopic (exact) mass is 566 g/mol. The maximum Gasteiger partial charge on any atom is 0.224 e. The van der Waals surface area contributed by atoms with Gasteiger partial charge >= 0.3 is 0 Å². The van der Waals surface area contributed by atoms with Crippen molar-refractivity contribution in [2.75, 3.05) is 50.8 Å². The van der Waals surface area contributed by atoms with Crippen LogP contribution >= 0.6 is 24.0 Å². The van der Waals surface area contributed by atoms with Gasteiger partial charge in [0, 0.05) is 57.4 Å². The Kier molecular flexibility index (Phi) is 11.8. The molecule has 8 nitrogen and oxygen atoms in total. The number of aliphatic imine (C=N–C) groups is 1. The van der Waals surface area contributed by atoms with Gasteiger partial charge in [-0.25, -0.2) is 9.98 Å². The van der Waals surface area contributed by atoms with Crippen molar-refractivity contribution < 1.29 is 9.53 Å². The van der Waals surface area contributed by atoms with Crippen LogP contribution in [0.15, 0.2) is 53.7 Å². The Morgan fingerprint density at radius 1 is 1.06 bits per heavy atom. The number of nitrogens with zero attached hydrogens (tertiary/aromatic N) is 4. The Bertz CT molecular complexity index is 872. The first kappa shape index (κ1) is 26.7. The second-order valence-corrected chi connectivity index (χ2v) is 7.47. The fourth-order valence-electron chi connectivity index (χ4n) is 3.61. The molecule has 9 heteroatoms. The zero-order valence-corrected chi connectivity index (χ0v) is 21.8. The minimum absolute atomic E-state index is 0. The summed E-state index contributed by atoms with van der Waals surface area (Å²) in [5.74, 6) is 2.69. The van der Waals surface area contributed by atoms with Gasteiger partial charge in [0.05, 0.1) is 13.2 Å². The molecule has 0 aliphatic carbocycles. The van der Waals surface area contributed by atoms with E-state index in [0.29, 0.717) is 32.1 Å². The fraction of sp³-hybridized carbons (Fsp3) is 0.458. The maximum atomic E-state index is 12.7. The molecular formula is C24H35IN6O2. The average Bonchev–Trinajstić information content (AvgIpc) is 2.84. The van der Waals surface area contributed by atoms with Crippen molar-refractivity contribution in [3.05, 3.63) is 54.2 Å². The van der Waals surface area contributed by atoms with Crippen LogP contribution in [0.4, 0.5) is 5.82 Å². The van der Waals surface area contributed by atoms with Crippen LogP contribution in [-0.2, 0) is 11.3 Å². The molecule has 0 unspecified atom stereocenters. The number of guanidine groups is 1. The number of nitrogens with one attached hydrogen (secondary N) is 2. The van der Waals surface area contributed by atoms with Crippen LogP contribution in [0.2, 0.25) is 0 Å². The lowest BCUT2D eigenvalue weighted by atomic mass is 10.2. The average molecular weight is 566 g/mol. The molecule has 1 fully saturated rings. The molecule has 2 heterocycles. The van der Waals surface area contributed by atoms with E-state index in [1.54, 1.807) is 6.20 Å². The first-order valence-electron chi connectivity index (χ1n) is 11.4. The number of para-hydroxylation sites is 1. The van der Waals surface area contributed by atoms with Crippen LogP contribution < -0.4 is 20.3 Å². The third-order valence-electron chi connectivity index (χ3n) is 5.26. The van der Waals surface area contributed by atoms with E-state index >= 15 is 0 Å². The van der Waals surface area contributed by atoms with Crippen LogP contribution in [-0.4, -0.2) is 67.6 Å². The standard InChI is InChI=1S/C24H34N6O2.HI/c1-3-25-24(28-19-20-9-5-6-10-21(20)32-4-2)27-14-12-23(31)30-17-15-29(16-18-30)22-11-7-8-13-26-22;/h5-11,13H,3-4,12,14-19H2,1-2H3,(H2,25,27,28);1H. The van der Waals surface area contributed by atoms with E-state index in [9.17, 15) is 4.79 Å². The number of pyridine rings is 1. The van der Waals surface area contributed by atoms with E-state index in [2.05, 4.69) is 25.5 Å². The second-order valence-electron chi connectivity index (χ2n) is 7.47. The lowest BCUT2D eigenvalue weighted by Gasteiger charge is -2.35. The van der Waals surface area contributed by atoms with E-state index in [1.165, 1.54) is 0 Å². The highest BCUT2D eigenvalue weighted by Crippen LogP contribution is 2.18. The summed E-state index contributed by atoms with van der Waals surface area (Å²) < 4.78 is 5.68. The number of carbonyl (C=O) groups excluding carboxylic acids is 1. The van der Waals surface area contributed by atoms with Gasteiger partial charge in [-0.15, -0.1) is 24.0 Å². The molecule has 180 valence electrons. The smallest absolute Gasteiger partial charge is 0.224 e. The minimum atomic E-state index is 0. The van der Waals surface area contributed by atoms with Gasteiger partial charge in [0.1, 0.15) is 11.6 Å². The second kappa shape index (κ2) is 14.6. The number of halogens is 1. The van der Waals surface area contributed by atoms with Crippen LogP contribution in [0.5, 0.6) is 5.75 Å². The number of carbonyl (C=O) groups is 1. The van der Waals surface area contributed by atoms with Crippen molar-refractivity contribution >= 4 is 41.7 Å². The molecule has 2 N–H and O–H groups in total. The summed E-state index contributed by atoms with van der Waals surface area (Å²) in [6.07, 6.45) is 2.24. The van der Waals surface area contributed by atoms with Crippen molar-refractivity contribution in [3.8, 4) is 5.75 Å². The molecule has 0 radical (unpaired) electrons. The zero-order chi connectivity index (χ0) is 22.6. The number of ether oxygens (including phenoxy) is 1. The normalized spacial score (nSPS) is 13.8. The first-order valence-corrected chi connectivity index (χ1v) is 11.4. The fourth-order valence-corrected chi connectivity index (χ4v) is 3.61. The highest BCUT2D eigenvalue weighted by molar-refractivity contribution is 14.0. The Morgan fingerprint density at radius 3 is 2.52 bits per heavy atom. The lowest BCUT2D eigenvalue weighted by molar-refractivity contribution is -0.131. The number of amides is 1. The molecule has 0 atom stereocenters. The highest BCUT2D eigenvalue weighted by Gasteiger charge is 2.21. The molecule has 3 rings (SSSR count). The highest BCUT2D eigenvalue weighted by atomic mass is 127. The van der Waals surface area contributed by atoms with Gasteiger partial charge in [0.2, 0.25) is 5.91 Å². The van der Waals surface area contributed by atoms with Crippen molar-refractivity contribution in [2.45, 2.75) is 26.8 Å². The van der Waals surface area contributed by atoms with Crippen molar-refractivity contribution in [2.24, 2.45) is 4.99 Å². The summed E-state index contributed by atoms with van der Waals surface area (Å²) in [6, 6.07) is 13.8. The van der Waals surface area contributed by atoms with Gasteiger partial charge in [0.15, 0.2) is 5.96 Å². The van der Waals surface area contributed by atoms with Gasteiger partial charge in [-0.05, 0) is 32.0 Å². The molecule has 1 aromatic carbocycles. The van der Waals surface area contributed by atoms with Crippen molar-refractivity contribution in [3.63, 3.8) is 0 Å². The summed E-state index contributed by atoms with van der Waals surface area (Å²) in [7, 11) is 0. The van der Waals surface area contributed by atoms with Gasteiger partial charge < -0.3 is 25.2 Å². The topological polar surface area (TPSA) is 82.1 Å². The molecular weight excluding hydrogens is 531 g/mol. The number of anilines is 1. The maximum absolute atomic E-state index is 12.7. The molecule has 1 aliphatic heterocycles. The van der Waals surface area contributed by atoms with Gasteiger partial charge in [-0.1, -0.05) is 24.3 Å². The van der Waals surface area contributed by atoms with E-state index in [-0.39, 0.29) is 29.9 Å². The molecule has 33 heavy (non-hydrogen) atoms. The molecule has 0 bridgehead atoms. The summed E-state index contributed by atoms with van der Waals surface area (Å²) in [5.41, 5.74) is 1.04. The number of aromatic nitrogens is 1. The number of benzene rings is 1. The van der Waals surface area contributed by atoms with Crippen LogP contribution in [0, 0.1) is 0 Å². The van der Waals surface area contributed by atoms with Crippen molar-refractivity contribution in [1.82, 2.24) is 20.5 Å². The molecule has 0 saturated carbocycles. The number of hydrogen-bond donors (Lipinski definition) is 2. The molecule has 1 saturated heterocycles. The first-order chi connectivity index (χ1) is 15.7. The predicted molar refractivity (Wildman–Crippen MR) is 143 cm³/mol. The predicted octanol–water partition coefficient (Wildman–Crippen LogP) is 2.89. The third kappa shape index (κ3) is 8.38. The largest absolute Gasteiger partial charge is 0.494 e. The van der Waals surface area contributed by atoms with E-state index in [0.717, 1.165) is 49.9 Å². The molecule has 2 aromatic rings. The van der Waals surface area contributed by atoms with E-state index < -0.39 is 0 Å². The number of hydrogen-bond acceptors (Lipinski definition) is 5. The quantitative estimate of drug-likeness (QED) is 0.276. The molecule has 1 aromatic heterocycles. The Hall–Kier alpha value is -2.56. The minimum Gasteiger partial charge on any atom is -0.494 e. The zero-order valence-electron chi connectivity index (χ0n) is 19.5. The van der Waals surface area contributed by atoms with Gasteiger partial charge in [-0.3, -0.25) is 4.79 Å². The summed E-state index contributed by atoms with van der Waals surface area (Å²) >= 11 is 0. The Balaban J connectivity index is 0.00000385. The van der Waals surface area contributed by atoms with Gasteiger partial charge in [-0.2, -0.15) is 0 Å². The summed E-state index contributed by atoms with van der Waals surface area (Å²) in [4.78, 5) is 25.9. The van der Waals surface area contributed by atoms with E-state index in [1.807, 2.05) is 61.2 Å². The molecule has 1 aliphatic rings. The molecule has 0 spiro atoms. The van der Waals surface area contributed by atoms with Crippen LogP contribution in [0.1, 0.15) is 25.8 Å². The molecule has 1 amide bonds. The lowest BCUT2D eigenvalue weighted by Crippen LogP contribution is -2.49. The third-order valence-corrected chi connectivity index (χ3v) is 5.26. The van der Waals surface area contributed by atoms with Gasteiger partial charge in [0.25, 0.3) is 0 Å². The van der Waals surface area contributed by atoms with Crippen LogP contribution in [0.25, 0.3) is 0 Å². The Labute approximate surface area is 213 Å².